The summed E-state index contributed by atoms with van der Waals surface area (Å²) < 4.78 is 5.73. The first-order valence-corrected chi connectivity index (χ1v) is 8.90. The number of benzene rings is 2. The van der Waals surface area contributed by atoms with Crippen LogP contribution in [0.1, 0.15) is 39.0 Å². The molecule has 0 heterocycles. The molecule has 1 atom stereocenters. The van der Waals surface area contributed by atoms with E-state index in [2.05, 4.69) is 22.7 Å². The Hall–Kier alpha value is -2.62. The highest BCUT2D eigenvalue weighted by molar-refractivity contribution is 5.87. The van der Waals surface area contributed by atoms with E-state index in [9.17, 15) is 4.79 Å². The van der Waals surface area contributed by atoms with Crippen LogP contribution in [0.4, 0.5) is 0 Å². The van der Waals surface area contributed by atoms with Crippen molar-refractivity contribution in [2.45, 2.75) is 45.1 Å². The lowest BCUT2D eigenvalue weighted by Gasteiger charge is -2.15. The van der Waals surface area contributed by atoms with Crippen LogP contribution in [0.2, 0.25) is 0 Å². The molecule has 2 aromatic rings. The number of carbonyl (C=O) groups is 1. The second-order valence-electron chi connectivity index (χ2n) is 6.37. The minimum absolute atomic E-state index is 0.217. The Kier molecular flexibility index (Phi) is 5.83. The second kappa shape index (κ2) is 8.47. The largest absolute Gasteiger partial charge is 0.481 e. The van der Waals surface area contributed by atoms with Crippen molar-refractivity contribution in [2.24, 2.45) is 5.10 Å². The Bertz CT molecular complexity index is 715. The molecule has 2 aromatic carbocycles. The van der Waals surface area contributed by atoms with E-state index in [1.807, 2.05) is 42.5 Å². The lowest BCUT2D eigenvalue weighted by atomic mass is 9.99. The van der Waals surface area contributed by atoms with Gasteiger partial charge in [-0.15, -0.1) is 0 Å². The second-order valence-corrected chi connectivity index (χ2v) is 6.37. The fourth-order valence-corrected chi connectivity index (χ4v) is 2.91. The molecule has 1 aliphatic rings. The van der Waals surface area contributed by atoms with Crippen LogP contribution >= 0.6 is 0 Å². The fourth-order valence-electron chi connectivity index (χ4n) is 2.91. The predicted octanol–water partition coefficient (Wildman–Crippen LogP) is 4.56. The third-order valence-corrected chi connectivity index (χ3v) is 4.40. The lowest BCUT2D eigenvalue weighted by molar-refractivity contribution is -0.127. The summed E-state index contributed by atoms with van der Waals surface area (Å²) in [5.41, 5.74) is 5.99. The molecule has 1 amide bonds. The smallest absolute Gasteiger partial charge is 0.280 e. The normalized spacial score (nSPS) is 15.3. The zero-order chi connectivity index (χ0) is 17.5. The van der Waals surface area contributed by atoms with Gasteiger partial charge in [0, 0.05) is 5.71 Å². The molecule has 0 saturated heterocycles. The van der Waals surface area contributed by atoms with Gasteiger partial charge < -0.3 is 4.74 Å². The molecule has 4 heteroatoms. The number of hydrazone groups is 1. The van der Waals surface area contributed by atoms with Gasteiger partial charge in [0.2, 0.25) is 0 Å². The summed E-state index contributed by atoms with van der Waals surface area (Å²) in [6.07, 6.45) is 4.96. The molecule has 25 heavy (non-hydrogen) atoms. The van der Waals surface area contributed by atoms with Gasteiger partial charge in [-0.1, -0.05) is 48.9 Å². The summed E-state index contributed by atoms with van der Waals surface area (Å²) in [6, 6.07) is 17.9. The van der Waals surface area contributed by atoms with E-state index in [4.69, 9.17) is 4.74 Å². The van der Waals surface area contributed by atoms with E-state index in [1.54, 1.807) is 6.92 Å². The molecule has 0 radical (unpaired) electrons. The first-order valence-electron chi connectivity index (χ1n) is 8.90. The number of nitrogens with one attached hydrogen (secondary N) is 1. The molecule has 0 aromatic heterocycles. The average molecular weight is 336 g/mol. The van der Waals surface area contributed by atoms with Crippen LogP contribution in [0.3, 0.4) is 0 Å². The first kappa shape index (κ1) is 17.2. The Morgan fingerprint density at radius 1 is 0.960 bits per heavy atom. The van der Waals surface area contributed by atoms with Crippen LogP contribution in [0.5, 0.6) is 5.75 Å². The van der Waals surface area contributed by atoms with Crippen molar-refractivity contribution < 1.29 is 9.53 Å². The number of ether oxygens (including phenoxy) is 1. The Labute approximate surface area is 148 Å². The van der Waals surface area contributed by atoms with Crippen LogP contribution in [-0.2, 0) is 4.79 Å². The van der Waals surface area contributed by atoms with E-state index < -0.39 is 6.10 Å². The van der Waals surface area contributed by atoms with Crippen molar-refractivity contribution in [1.82, 2.24) is 5.43 Å². The van der Waals surface area contributed by atoms with Gasteiger partial charge in [-0.3, -0.25) is 4.79 Å². The van der Waals surface area contributed by atoms with Crippen LogP contribution in [-0.4, -0.2) is 17.7 Å². The molecular weight excluding hydrogens is 312 g/mol. The highest BCUT2D eigenvalue weighted by Crippen LogP contribution is 2.22. The molecule has 0 aliphatic heterocycles. The highest BCUT2D eigenvalue weighted by Gasteiger charge is 2.15. The molecule has 1 saturated carbocycles. The van der Waals surface area contributed by atoms with Crippen molar-refractivity contribution in [3.63, 3.8) is 0 Å². The summed E-state index contributed by atoms with van der Waals surface area (Å²) >= 11 is 0. The zero-order valence-corrected chi connectivity index (χ0v) is 14.6. The topological polar surface area (TPSA) is 50.7 Å². The van der Waals surface area contributed by atoms with Crippen molar-refractivity contribution in [3.8, 4) is 16.9 Å². The van der Waals surface area contributed by atoms with Gasteiger partial charge in [0.1, 0.15) is 5.75 Å². The molecule has 0 spiro atoms. The van der Waals surface area contributed by atoms with E-state index in [-0.39, 0.29) is 5.91 Å². The minimum atomic E-state index is -0.587. The maximum Gasteiger partial charge on any atom is 0.280 e. The van der Waals surface area contributed by atoms with Crippen LogP contribution in [0.15, 0.2) is 59.7 Å². The molecule has 3 rings (SSSR count). The van der Waals surface area contributed by atoms with E-state index in [1.165, 1.54) is 6.42 Å². The highest BCUT2D eigenvalue weighted by atomic mass is 16.5. The van der Waals surface area contributed by atoms with Crippen LogP contribution in [0, 0.1) is 0 Å². The van der Waals surface area contributed by atoms with Crippen molar-refractivity contribution >= 4 is 11.6 Å². The van der Waals surface area contributed by atoms with Gasteiger partial charge in [-0.05, 0) is 55.9 Å². The standard InChI is InChI=1S/C21H24N2O2/c1-16(21(24)23-22-19-10-6-3-7-11-19)25-20-14-12-18(13-15-20)17-8-4-2-5-9-17/h2,4-5,8-9,12-16H,3,6-7,10-11H2,1H3,(H,23,24)/t16-/m1/s1. The van der Waals surface area contributed by atoms with Gasteiger partial charge in [0.25, 0.3) is 5.91 Å². The van der Waals surface area contributed by atoms with E-state index >= 15 is 0 Å². The molecule has 1 fully saturated rings. The average Bonchev–Trinajstić information content (AvgIpc) is 2.68. The third kappa shape index (κ3) is 4.92. The monoisotopic (exact) mass is 336 g/mol. The number of amides is 1. The number of hydrogen-bond donors (Lipinski definition) is 1. The predicted molar refractivity (Wildman–Crippen MR) is 101 cm³/mol. The molecule has 4 nitrogen and oxygen atoms in total. The van der Waals surface area contributed by atoms with Gasteiger partial charge in [-0.25, -0.2) is 5.43 Å². The van der Waals surface area contributed by atoms with Gasteiger partial charge in [0.05, 0.1) is 0 Å². The van der Waals surface area contributed by atoms with Gasteiger partial charge in [-0.2, -0.15) is 5.10 Å². The summed E-state index contributed by atoms with van der Waals surface area (Å²) in [6.45, 7) is 1.74. The van der Waals surface area contributed by atoms with E-state index in [0.717, 1.165) is 42.5 Å². The molecule has 1 aliphatic carbocycles. The maximum absolute atomic E-state index is 12.1. The van der Waals surface area contributed by atoms with Crippen LogP contribution < -0.4 is 10.2 Å². The first-order chi connectivity index (χ1) is 12.2. The van der Waals surface area contributed by atoms with E-state index in [0.29, 0.717) is 5.75 Å². The zero-order valence-electron chi connectivity index (χ0n) is 14.6. The number of rotatable bonds is 5. The quantitative estimate of drug-likeness (QED) is 0.814. The lowest BCUT2D eigenvalue weighted by Crippen LogP contribution is -2.34. The summed E-state index contributed by atoms with van der Waals surface area (Å²) in [5.74, 6) is 0.456. The summed E-state index contributed by atoms with van der Waals surface area (Å²) in [5, 5.41) is 4.24. The van der Waals surface area contributed by atoms with Gasteiger partial charge >= 0.3 is 0 Å². The van der Waals surface area contributed by atoms with Crippen molar-refractivity contribution in [1.29, 1.82) is 0 Å². The number of hydrogen-bond acceptors (Lipinski definition) is 3. The minimum Gasteiger partial charge on any atom is -0.481 e. The third-order valence-electron chi connectivity index (χ3n) is 4.40. The van der Waals surface area contributed by atoms with Gasteiger partial charge in [0.15, 0.2) is 6.10 Å². The molecule has 1 N–H and O–H groups in total. The molecular formula is C21H24N2O2. The number of carbonyl (C=O) groups excluding carboxylic acids is 1. The SMILES string of the molecule is C[C@@H](Oc1ccc(-c2ccccc2)cc1)C(=O)NN=C1CCCCC1. The Morgan fingerprint density at radius 3 is 2.28 bits per heavy atom. The Morgan fingerprint density at radius 2 is 1.60 bits per heavy atom. The van der Waals surface area contributed by atoms with Crippen LogP contribution in [0.25, 0.3) is 11.1 Å². The fraction of sp³-hybridized carbons (Fsp3) is 0.333. The summed E-state index contributed by atoms with van der Waals surface area (Å²) in [7, 11) is 0. The molecule has 0 bridgehead atoms. The van der Waals surface area contributed by atoms with Crippen molar-refractivity contribution in [2.75, 3.05) is 0 Å². The molecule has 0 unspecified atom stereocenters. The summed E-state index contributed by atoms with van der Waals surface area (Å²) in [4.78, 5) is 12.1. The maximum atomic E-state index is 12.1. The van der Waals surface area contributed by atoms with Crippen molar-refractivity contribution in [3.05, 3.63) is 54.6 Å². The number of nitrogens with zero attached hydrogens (tertiary/aromatic N) is 1. The Balaban J connectivity index is 1.55. The molecule has 130 valence electrons.